The molecule has 3 rings (SSSR count). The van der Waals surface area contributed by atoms with Crippen LogP contribution in [-0.2, 0) is 14.3 Å². The summed E-state index contributed by atoms with van der Waals surface area (Å²) in [5.74, 6) is -1.21. The van der Waals surface area contributed by atoms with Gasteiger partial charge in [0.05, 0.1) is 16.2 Å². The van der Waals surface area contributed by atoms with Crippen LogP contribution in [0.15, 0.2) is 47.4 Å². The Hall–Kier alpha value is -3.40. The maximum atomic E-state index is 12.7. The van der Waals surface area contributed by atoms with Crippen LogP contribution < -0.4 is 5.32 Å². The maximum absolute atomic E-state index is 12.7. The van der Waals surface area contributed by atoms with Crippen molar-refractivity contribution in [3.8, 4) is 0 Å². The lowest BCUT2D eigenvalue weighted by molar-refractivity contribution is -0.384. The second-order valence-corrected chi connectivity index (χ2v) is 9.50. The normalized spacial score (nSPS) is 13.7. The molecular weight excluding hydrogens is 470 g/mol. The van der Waals surface area contributed by atoms with Gasteiger partial charge in [-0.1, -0.05) is 37.5 Å². The molecule has 9 nitrogen and oxygen atoms in total. The second kappa shape index (κ2) is 12.3. The maximum Gasteiger partial charge on any atom is 0.339 e. The highest BCUT2D eigenvalue weighted by molar-refractivity contribution is 8.00. The van der Waals surface area contributed by atoms with Gasteiger partial charge < -0.3 is 15.0 Å². The molecule has 0 radical (unpaired) electrons. The van der Waals surface area contributed by atoms with E-state index in [-0.39, 0.29) is 34.6 Å². The van der Waals surface area contributed by atoms with E-state index in [1.807, 2.05) is 11.9 Å². The molecule has 0 bridgehead atoms. The Morgan fingerprint density at radius 2 is 1.86 bits per heavy atom. The Labute approximate surface area is 208 Å². The van der Waals surface area contributed by atoms with Crippen molar-refractivity contribution in [1.29, 1.82) is 0 Å². The molecule has 0 spiro atoms. The van der Waals surface area contributed by atoms with Crippen molar-refractivity contribution in [1.82, 2.24) is 4.90 Å². The van der Waals surface area contributed by atoms with E-state index >= 15 is 0 Å². The van der Waals surface area contributed by atoms with Crippen LogP contribution >= 0.6 is 11.8 Å². The zero-order valence-electron chi connectivity index (χ0n) is 19.8. The number of esters is 1. The lowest BCUT2D eigenvalue weighted by Crippen LogP contribution is -2.39. The van der Waals surface area contributed by atoms with Crippen LogP contribution in [0.5, 0.6) is 0 Å². The average molecular weight is 500 g/mol. The van der Waals surface area contributed by atoms with Gasteiger partial charge in [0, 0.05) is 24.1 Å². The topological polar surface area (TPSA) is 119 Å². The van der Waals surface area contributed by atoms with Gasteiger partial charge in [-0.3, -0.25) is 19.7 Å². The first-order valence-electron chi connectivity index (χ1n) is 11.5. The van der Waals surface area contributed by atoms with Gasteiger partial charge in [-0.15, -0.1) is 11.8 Å². The Bertz CT molecular complexity index is 1100. The predicted octanol–water partition coefficient (Wildman–Crippen LogP) is 4.58. The Morgan fingerprint density at radius 3 is 2.57 bits per heavy atom. The number of carbonyl (C=O) groups is 3. The number of rotatable bonds is 9. The Balaban J connectivity index is 1.56. The minimum Gasteiger partial charge on any atom is -0.452 e. The van der Waals surface area contributed by atoms with Crippen LogP contribution in [0.25, 0.3) is 0 Å². The van der Waals surface area contributed by atoms with Crippen molar-refractivity contribution >= 4 is 40.9 Å². The molecule has 1 fully saturated rings. The third-order valence-corrected chi connectivity index (χ3v) is 6.99. The van der Waals surface area contributed by atoms with Crippen LogP contribution in [0.2, 0.25) is 0 Å². The molecule has 10 heteroatoms. The van der Waals surface area contributed by atoms with E-state index in [1.54, 1.807) is 37.3 Å². The average Bonchev–Trinajstić information content (AvgIpc) is 2.87. The van der Waals surface area contributed by atoms with Gasteiger partial charge in [0.15, 0.2) is 6.61 Å². The van der Waals surface area contributed by atoms with Gasteiger partial charge >= 0.3 is 5.97 Å². The van der Waals surface area contributed by atoms with Gasteiger partial charge in [0.2, 0.25) is 5.91 Å². The molecular formula is C25H29N3O6S. The van der Waals surface area contributed by atoms with Crippen LogP contribution in [0.3, 0.4) is 0 Å². The van der Waals surface area contributed by atoms with Crippen molar-refractivity contribution < 1.29 is 24.0 Å². The SMILES string of the molecule is Cc1ccc(NC(=O)COC(=O)c2ccccc2SCC(=O)N(C)C2CCCCC2)c([N+](=O)[O-])c1. The van der Waals surface area contributed by atoms with Gasteiger partial charge in [-0.2, -0.15) is 0 Å². The summed E-state index contributed by atoms with van der Waals surface area (Å²) >= 11 is 1.25. The van der Waals surface area contributed by atoms with Crippen LogP contribution in [0, 0.1) is 17.0 Å². The molecule has 0 unspecified atom stereocenters. The number of thioether (sulfide) groups is 1. The van der Waals surface area contributed by atoms with Gasteiger partial charge in [0.25, 0.3) is 11.6 Å². The number of nitrogens with zero attached hydrogens (tertiary/aromatic N) is 2. The summed E-state index contributed by atoms with van der Waals surface area (Å²) in [5, 5.41) is 13.6. The number of benzene rings is 2. The standard InChI is InChI=1S/C25H29N3O6S/c1-17-12-13-20(21(14-17)28(32)33)26-23(29)15-34-25(31)19-10-6-7-11-22(19)35-16-24(30)27(2)18-8-4-3-5-9-18/h6-7,10-14,18H,3-5,8-9,15-16H2,1-2H3,(H,26,29). The van der Waals surface area contributed by atoms with Crippen molar-refractivity contribution in [2.24, 2.45) is 0 Å². The highest BCUT2D eigenvalue weighted by Crippen LogP contribution is 2.27. The molecule has 0 atom stereocenters. The molecule has 1 saturated carbocycles. The van der Waals surface area contributed by atoms with Crippen LogP contribution in [0.4, 0.5) is 11.4 Å². The number of amides is 2. The summed E-state index contributed by atoms with van der Waals surface area (Å²) < 4.78 is 5.15. The molecule has 2 amide bonds. The Kier molecular flexibility index (Phi) is 9.25. The first-order valence-corrected chi connectivity index (χ1v) is 12.4. The minimum absolute atomic E-state index is 0.00383. The molecule has 186 valence electrons. The van der Waals surface area contributed by atoms with E-state index < -0.39 is 23.4 Å². The summed E-state index contributed by atoms with van der Waals surface area (Å²) in [4.78, 5) is 50.6. The van der Waals surface area contributed by atoms with Crippen LogP contribution in [0.1, 0.15) is 48.0 Å². The quantitative estimate of drug-likeness (QED) is 0.232. The number of aryl methyl sites for hydroxylation is 1. The second-order valence-electron chi connectivity index (χ2n) is 8.48. The first kappa shape index (κ1) is 26.2. The zero-order valence-corrected chi connectivity index (χ0v) is 20.6. The monoisotopic (exact) mass is 499 g/mol. The third-order valence-electron chi connectivity index (χ3n) is 5.93. The molecule has 0 saturated heterocycles. The predicted molar refractivity (Wildman–Crippen MR) is 134 cm³/mol. The number of hydrogen-bond donors (Lipinski definition) is 1. The minimum atomic E-state index is -0.713. The van der Waals surface area contributed by atoms with Crippen molar-refractivity contribution in [2.75, 3.05) is 24.7 Å². The molecule has 1 aliphatic carbocycles. The summed E-state index contributed by atoms with van der Waals surface area (Å²) in [5.41, 5.74) is 0.714. The largest absolute Gasteiger partial charge is 0.452 e. The third kappa shape index (κ3) is 7.29. The van der Waals surface area contributed by atoms with E-state index in [2.05, 4.69) is 5.32 Å². The van der Waals surface area contributed by atoms with Crippen molar-refractivity contribution in [3.05, 3.63) is 63.7 Å². The molecule has 1 aliphatic rings. The molecule has 35 heavy (non-hydrogen) atoms. The van der Waals surface area contributed by atoms with E-state index in [0.29, 0.717) is 10.5 Å². The number of nitro benzene ring substituents is 1. The lowest BCUT2D eigenvalue weighted by Gasteiger charge is -2.31. The first-order chi connectivity index (χ1) is 16.8. The van der Waals surface area contributed by atoms with E-state index in [4.69, 9.17) is 4.74 Å². The van der Waals surface area contributed by atoms with Gasteiger partial charge in [-0.25, -0.2) is 4.79 Å². The van der Waals surface area contributed by atoms with Gasteiger partial charge in [-0.05, 0) is 43.5 Å². The number of carbonyl (C=O) groups excluding carboxylic acids is 3. The highest BCUT2D eigenvalue weighted by atomic mass is 32.2. The van der Waals surface area contributed by atoms with E-state index in [9.17, 15) is 24.5 Å². The van der Waals surface area contributed by atoms with E-state index in [0.717, 1.165) is 25.7 Å². The summed E-state index contributed by atoms with van der Waals surface area (Å²) in [6.45, 7) is 1.10. The van der Waals surface area contributed by atoms with Crippen LogP contribution in [-0.4, -0.2) is 53.1 Å². The van der Waals surface area contributed by atoms with Crippen molar-refractivity contribution in [3.63, 3.8) is 0 Å². The fourth-order valence-corrected chi connectivity index (χ4v) is 4.93. The lowest BCUT2D eigenvalue weighted by atomic mass is 9.94. The fourth-order valence-electron chi connectivity index (χ4n) is 3.97. The molecule has 0 heterocycles. The Morgan fingerprint density at radius 1 is 1.14 bits per heavy atom. The summed E-state index contributed by atoms with van der Waals surface area (Å²) in [6.07, 6.45) is 5.51. The number of anilines is 1. The fraction of sp³-hybridized carbons (Fsp3) is 0.400. The number of ether oxygens (including phenoxy) is 1. The molecule has 2 aromatic carbocycles. The molecule has 2 aromatic rings. The number of nitrogens with one attached hydrogen (secondary N) is 1. The summed E-state index contributed by atoms with van der Waals surface area (Å²) in [7, 11) is 1.83. The molecule has 0 aromatic heterocycles. The molecule has 1 N–H and O–H groups in total. The number of hydrogen-bond acceptors (Lipinski definition) is 7. The van der Waals surface area contributed by atoms with Gasteiger partial charge in [0.1, 0.15) is 5.69 Å². The highest BCUT2D eigenvalue weighted by Gasteiger charge is 2.23. The zero-order chi connectivity index (χ0) is 25.4. The molecule has 0 aliphatic heterocycles. The van der Waals surface area contributed by atoms with E-state index in [1.165, 1.54) is 30.3 Å². The summed E-state index contributed by atoms with van der Waals surface area (Å²) in [6, 6.07) is 11.4. The smallest absolute Gasteiger partial charge is 0.339 e. The number of nitro groups is 1. The van der Waals surface area contributed by atoms with Crippen molar-refractivity contribution in [2.45, 2.75) is 50.0 Å².